The first kappa shape index (κ1) is 18.3. The quantitative estimate of drug-likeness (QED) is 0.842. The van der Waals surface area contributed by atoms with E-state index < -0.39 is 10.0 Å². The molecule has 0 saturated heterocycles. The summed E-state index contributed by atoms with van der Waals surface area (Å²) >= 11 is 0. The number of benzene rings is 2. The molecule has 0 bridgehead atoms. The van der Waals surface area contributed by atoms with E-state index in [1.54, 1.807) is 24.3 Å². The van der Waals surface area contributed by atoms with Gasteiger partial charge < -0.3 is 9.47 Å². The Morgan fingerprint density at radius 1 is 1.04 bits per heavy atom. The number of ether oxygens (including phenoxy) is 2. The number of amidine groups is 1. The number of fused-ring (bicyclic) bond motifs is 1. The molecule has 6 nitrogen and oxygen atoms in total. The Balaban J connectivity index is 1.94. The second kappa shape index (κ2) is 7.37. The van der Waals surface area contributed by atoms with Gasteiger partial charge in [0, 0.05) is 5.56 Å². The summed E-state index contributed by atoms with van der Waals surface area (Å²) in [5.74, 6) is 1.70. The van der Waals surface area contributed by atoms with Crippen molar-refractivity contribution in [2.75, 3.05) is 13.2 Å². The van der Waals surface area contributed by atoms with Crippen molar-refractivity contribution in [3.05, 3.63) is 53.6 Å². The van der Waals surface area contributed by atoms with Crippen molar-refractivity contribution in [2.45, 2.75) is 31.7 Å². The van der Waals surface area contributed by atoms with Crippen LogP contribution in [0, 0.1) is 0 Å². The summed E-state index contributed by atoms with van der Waals surface area (Å²) in [7, 11) is -3.54. The van der Waals surface area contributed by atoms with Crippen LogP contribution in [0.3, 0.4) is 0 Å². The van der Waals surface area contributed by atoms with Gasteiger partial charge in [0.2, 0.25) is 0 Å². The van der Waals surface area contributed by atoms with Crippen LogP contribution in [0.4, 0.5) is 0 Å². The molecule has 0 saturated carbocycles. The average Bonchev–Trinajstić information content (AvgIpc) is 2.87. The van der Waals surface area contributed by atoms with E-state index in [9.17, 15) is 8.42 Å². The van der Waals surface area contributed by atoms with Gasteiger partial charge in [0.1, 0.15) is 5.84 Å². The van der Waals surface area contributed by atoms with Crippen molar-refractivity contribution in [3.63, 3.8) is 0 Å². The topological polar surface area (TPSA) is 77.0 Å². The van der Waals surface area contributed by atoms with Crippen LogP contribution in [0.2, 0.25) is 0 Å². The van der Waals surface area contributed by atoms with E-state index in [4.69, 9.17) is 9.47 Å². The van der Waals surface area contributed by atoms with Gasteiger partial charge in [-0.25, -0.2) is 8.42 Å². The third-order valence-electron chi connectivity index (χ3n) is 4.04. The van der Waals surface area contributed by atoms with E-state index in [-0.39, 0.29) is 10.9 Å². The number of hydrogen-bond acceptors (Lipinski definition) is 5. The molecule has 1 aliphatic heterocycles. The maximum atomic E-state index is 12.2. The Morgan fingerprint density at radius 2 is 1.73 bits per heavy atom. The zero-order valence-corrected chi connectivity index (χ0v) is 15.8. The van der Waals surface area contributed by atoms with Crippen molar-refractivity contribution in [3.8, 4) is 11.5 Å². The Labute approximate surface area is 153 Å². The molecule has 0 aliphatic carbocycles. The smallest absolute Gasteiger partial charge is 0.263 e. The number of sulfonamides is 1. The van der Waals surface area contributed by atoms with Crippen LogP contribution in [0.1, 0.15) is 37.9 Å². The van der Waals surface area contributed by atoms with Crippen molar-refractivity contribution >= 4 is 15.9 Å². The monoisotopic (exact) mass is 374 g/mol. The van der Waals surface area contributed by atoms with E-state index in [1.165, 1.54) is 0 Å². The standard InChI is InChI=1S/C19H22N2O4S/c1-4-24-16-11-10-14(12-17(16)25-5-2)13(3)20-19-15-8-6-7-9-18(15)26(22,23)21-19/h6-13H,4-5H2,1-3H3,(H,20,21)/t13-/m1/s1. The van der Waals surface area contributed by atoms with Crippen LogP contribution in [0.5, 0.6) is 11.5 Å². The molecule has 1 aliphatic rings. The summed E-state index contributed by atoms with van der Waals surface area (Å²) in [5.41, 5.74) is 1.50. The van der Waals surface area contributed by atoms with Gasteiger partial charge in [0.05, 0.1) is 24.2 Å². The van der Waals surface area contributed by atoms with Crippen molar-refractivity contribution in [2.24, 2.45) is 4.99 Å². The molecule has 0 fully saturated rings. The lowest BCUT2D eigenvalue weighted by Crippen LogP contribution is -2.22. The van der Waals surface area contributed by atoms with Crippen LogP contribution >= 0.6 is 0 Å². The Morgan fingerprint density at radius 3 is 2.46 bits per heavy atom. The number of nitrogens with one attached hydrogen (secondary N) is 1. The van der Waals surface area contributed by atoms with E-state index in [2.05, 4.69) is 9.71 Å². The van der Waals surface area contributed by atoms with Crippen LogP contribution in [-0.4, -0.2) is 27.5 Å². The van der Waals surface area contributed by atoms with Gasteiger partial charge >= 0.3 is 0 Å². The predicted molar refractivity (Wildman–Crippen MR) is 100 cm³/mol. The van der Waals surface area contributed by atoms with E-state index in [0.717, 1.165) is 5.56 Å². The third-order valence-corrected chi connectivity index (χ3v) is 5.43. The Bertz CT molecular complexity index is 938. The minimum absolute atomic E-state index is 0.256. The summed E-state index contributed by atoms with van der Waals surface area (Å²) in [4.78, 5) is 4.85. The molecular weight excluding hydrogens is 352 g/mol. The number of aliphatic imine (C=N–C) groups is 1. The molecule has 0 radical (unpaired) electrons. The number of nitrogens with zero attached hydrogens (tertiary/aromatic N) is 1. The fourth-order valence-electron chi connectivity index (χ4n) is 2.83. The normalized spacial score (nSPS) is 17.4. The fourth-order valence-corrected chi connectivity index (χ4v) is 4.06. The molecule has 0 aromatic heterocycles. The highest BCUT2D eigenvalue weighted by molar-refractivity contribution is 7.90. The number of hydrogen-bond donors (Lipinski definition) is 1. The van der Waals surface area contributed by atoms with Crippen molar-refractivity contribution in [1.29, 1.82) is 0 Å². The number of rotatable bonds is 6. The highest BCUT2D eigenvalue weighted by Gasteiger charge is 2.30. The van der Waals surface area contributed by atoms with Crippen molar-refractivity contribution in [1.82, 2.24) is 4.72 Å². The molecule has 0 unspecified atom stereocenters. The summed E-state index contributed by atoms with van der Waals surface area (Å²) in [5, 5.41) is 0. The second-order valence-electron chi connectivity index (χ2n) is 5.83. The third kappa shape index (κ3) is 3.53. The van der Waals surface area contributed by atoms with Crippen LogP contribution < -0.4 is 14.2 Å². The molecule has 1 N–H and O–H groups in total. The Kier molecular flexibility index (Phi) is 5.18. The van der Waals surface area contributed by atoms with Crippen LogP contribution in [-0.2, 0) is 10.0 Å². The van der Waals surface area contributed by atoms with Crippen LogP contribution in [0.15, 0.2) is 52.4 Å². The molecule has 2 aromatic rings. The highest BCUT2D eigenvalue weighted by atomic mass is 32.2. The minimum Gasteiger partial charge on any atom is -0.490 e. The molecule has 0 spiro atoms. The maximum absolute atomic E-state index is 12.2. The van der Waals surface area contributed by atoms with Gasteiger partial charge in [-0.05, 0) is 50.6 Å². The van der Waals surface area contributed by atoms with Gasteiger partial charge in [-0.2, -0.15) is 0 Å². The second-order valence-corrected chi connectivity index (χ2v) is 7.48. The summed E-state index contributed by atoms with van der Waals surface area (Å²) in [6.07, 6.45) is 0. The SMILES string of the molecule is CCOc1ccc([C@@H](C)N=C2NS(=O)(=O)c3ccccc32)cc1OCC. The van der Waals surface area contributed by atoms with Crippen LogP contribution in [0.25, 0.3) is 0 Å². The van der Waals surface area contributed by atoms with Gasteiger partial charge in [-0.15, -0.1) is 0 Å². The van der Waals surface area contributed by atoms with Crippen molar-refractivity contribution < 1.29 is 17.9 Å². The highest BCUT2D eigenvalue weighted by Crippen LogP contribution is 2.32. The molecular formula is C19H22N2O4S. The molecule has 1 heterocycles. The molecule has 138 valence electrons. The summed E-state index contributed by atoms with van der Waals surface area (Å²) in [6.45, 7) is 6.82. The Hall–Kier alpha value is -2.54. The van der Waals surface area contributed by atoms with E-state index >= 15 is 0 Å². The summed E-state index contributed by atoms with van der Waals surface area (Å²) in [6, 6.07) is 12.2. The molecule has 0 amide bonds. The zero-order valence-electron chi connectivity index (χ0n) is 15.0. The molecule has 7 heteroatoms. The zero-order chi connectivity index (χ0) is 18.7. The lowest BCUT2D eigenvalue weighted by molar-refractivity contribution is 0.287. The minimum atomic E-state index is -3.54. The first-order valence-corrected chi connectivity index (χ1v) is 10.0. The lowest BCUT2D eigenvalue weighted by atomic mass is 10.1. The average molecular weight is 374 g/mol. The fraction of sp³-hybridized carbons (Fsp3) is 0.316. The lowest BCUT2D eigenvalue weighted by Gasteiger charge is -2.14. The van der Waals surface area contributed by atoms with Gasteiger partial charge in [0.15, 0.2) is 11.5 Å². The summed E-state index contributed by atoms with van der Waals surface area (Å²) < 4.78 is 38.2. The van der Waals surface area contributed by atoms with E-state index in [0.29, 0.717) is 36.1 Å². The largest absolute Gasteiger partial charge is 0.490 e. The van der Waals surface area contributed by atoms with Gasteiger partial charge in [-0.1, -0.05) is 18.2 Å². The van der Waals surface area contributed by atoms with Gasteiger partial charge in [-0.3, -0.25) is 9.71 Å². The molecule has 2 aromatic carbocycles. The first-order chi connectivity index (χ1) is 12.5. The molecule has 1 atom stereocenters. The first-order valence-electron chi connectivity index (χ1n) is 8.55. The molecule has 26 heavy (non-hydrogen) atoms. The van der Waals surface area contributed by atoms with E-state index in [1.807, 2.05) is 39.0 Å². The maximum Gasteiger partial charge on any atom is 0.263 e. The predicted octanol–water partition coefficient (Wildman–Crippen LogP) is 3.28. The van der Waals surface area contributed by atoms with Gasteiger partial charge in [0.25, 0.3) is 10.0 Å². The molecule has 3 rings (SSSR count).